The molecule has 0 saturated carbocycles. The fraction of sp³-hybridized carbons (Fsp3) is 0.353. The third-order valence-corrected chi connectivity index (χ3v) is 3.02. The summed E-state index contributed by atoms with van der Waals surface area (Å²) < 4.78 is 0. The number of rotatable bonds is 4. The molecule has 2 aromatic rings. The Morgan fingerprint density at radius 2 is 1.91 bits per heavy atom. The van der Waals surface area contributed by atoms with Crippen LogP contribution < -0.4 is 10.6 Å². The highest BCUT2D eigenvalue weighted by Gasteiger charge is 2.14. The minimum Gasteiger partial charge on any atom is -0.350 e. The lowest BCUT2D eigenvalue weighted by atomic mass is 10.1. The molecule has 5 heteroatoms. The molecule has 116 valence electrons. The molecule has 1 amide bonds. The summed E-state index contributed by atoms with van der Waals surface area (Å²) in [6.45, 7) is 8.10. The van der Waals surface area contributed by atoms with Crippen LogP contribution in [-0.2, 0) is 6.42 Å². The molecule has 22 heavy (non-hydrogen) atoms. The fourth-order valence-corrected chi connectivity index (χ4v) is 2.02. The standard InChI is InChI=1S/C17H22N4O/c1-5-12-8-6-7-9-13(12)19-15(22)14-10-11-18-16(20-14)21-17(2,3)4/h6-11H,5H2,1-4H3,(H,19,22)(H,18,20,21). The van der Waals surface area contributed by atoms with Gasteiger partial charge in [0.25, 0.3) is 5.91 Å². The molecule has 0 aliphatic rings. The molecule has 5 nitrogen and oxygen atoms in total. The van der Waals surface area contributed by atoms with Crippen molar-refractivity contribution in [3.63, 3.8) is 0 Å². The van der Waals surface area contributed by atoms with Crippen LogP contribution in [0.25, 0.3) is 0 Å². The number of carbonyl (C=O) groups is 1. The van der Waals surface area contributed by atoms with E-state index in [9.17, 15) is 4.79 Å². The highest BCUT2D eigenvalue weighted by atomic mass is 16.1. The lowest BCUT2D eigenvalue weighted by Gasteiger charge is -2.20. The van der Waals surface area contributed by atoms with Crippen LogP contribution in [0.5, 0.6) is 0 Å². The number of aryl methyl sites for hydroxylation is 1. The lowest BCUT2D eigenvalue weighted by molar-refractivity contribution is 0.102. The second-order valence-electron chi connectivity index (χ2n) is 6.11. The van der Waals surface area contributed by atoms with Crippen molar-refractivity contribution in [3.05, 3.63) is 47.8 Å². The van der Waals surface area contributed by atoms with Gasteiger partial charge in [0.05, 0.1) is 0 Å². The first kappa shape index (κ1) is 15.9. The van der Waals surface area contributed by atoms with Crippen molar-refractivity contribution >= 4 is 17.5 Å². The summed E-state index contributed by atoms with van der Waals surface area (Å²) in [5, 5.41) is 6.07. The van der Waals surface area contributed by atoms with E-state index in [1.807, 2.05) is 45.0 Å². The summed E-state index contributed by atoms with van der Waals surface area (Å²) in [5.74, 6) is 0.212. The van der Waals surface area contributed by atoms with Crippen LogP contribution in [0, 0.1) is 0 Å². The topological polar surface area (TPSA) is 66.9 Å². The smallest absolute Gasteiger partial charge is 0.274 e. The van der Waals surface area contributed by atoms with Gasteiger partial charge in [0.15, 0.2) is 0 Å². The van der Waals surface area contributed by atoms with Gasteiger partial charge in [-0.2, -0.15) is 0 Å². The van der Waals surface area contributed by atoms with Gasteiger partial charge < -0.3 is 10.6 Å². The van der Waals surface area contributed by atoms with Crippen molar-refractivity contribution in [2.24, 2.45) is 0 Å². The van der Waals surface area contributed by atoms with Crippen LogP contribution in [0.2, 0.25) is 0 Å². The number of para-hydroxylation sites is 1. The van der Waals surface area contributed by atoms with Crippen molar-refractivity contribution < 1.29 is 4.79 Å². The SMILES string of the molecule is CCc1ccccc1NC(=O)c1ccnc(NC(C)(C)C)n1. The number of hydrogen-bond donors (Lipinski definition) is 2. The largest absolute Gasteiger partial charge is 0.350 e. The Labute approximate surface area is 131 Å². The molecule has 0 aliphatic heterocycles. The van der Waals surface area contributed by atoms with Crippen LogP contribution in [0.15, 0.2) is 36.5 Å². The number of anilines is 2. The Morgan fingerprint density at radius 3 is 2.59 bits per heavy atom. The molecule has 2 N–H and O–H groups in total. The number of benzene rings is 1. The molecule has 1 heterocycles. The predicted molar refractivity (Wildman–Crippen MR) is 89.2 cm³/mol. The third kappa shape index (κ3) is 4.28. The maximum Gasteiger partial charge on any atom is 0.274 e. The van der Waals surface area contributed by atoms with E-state index in [1.165, 1.54) is 0 Å². The molecule has 0 atom stereocenters. The van der Waals surface area contributed by atoms with Gasteiger partial charge in [-0.25, -0.2) is 9.97 Å². The van der Waals surface area contributed by atoms with Gasteiger partial charge in [0.2, 0.25) is 5.95 Å². The van der Waals surface area contributed by atoms with Crippen molar-refractivity contribution in [1.29, 1.82) is 0 Å². The van der Waals surface area contributed by atoms with Crippen LogP contribution in [-0.4, -0.2) is 21.4 Å². The van der Waals surface area contributed by atoms with Gasteiger partial charge in [0, 0.05) is 17.4 Å². The maximum absolute atomic E-state index is 12.4. The number of nitrogens with zero attached hydrogens (tertiary/aromatic N) is 2. The summed E-state index contributed by atoms with van der Waals surface area (Å²) >= 11 is 0. The van der Waals surface area contributed by atoms with Crippen molar-refractivity contribution in [1.82, 2.24) is 9.97 Å². The maximum atomic E-state index is 12.4. The molecule has 0 spiro atoms. The zero-order valence-corrected chi connectivity index (χ0v) is 13.5. The fourth-order valence-electron chi connectivity index (χ4n) is 2.02. The molecule has 0 unspecified atom stereocenters. The second-order valence-corrected chi connectivity index (χ2v) is 6.11. The van der Waals surface area contributed by atoms with Crippen molar-refractivity contribution in [2.75, 3.05) is 10.6 Å². The van der Waals surface area contributed by atoms with Crippen LogP contribution in [0.4, 0.5) is 11.6 Å². The summed E-state index contributed by atoms with van der Waals surface area (Å²) in [5.41, 5.74) is 2.09. The molecule has 1 aromatic carbocycles. The Balaban J connectivity index is 2.18. The number of nitrogens with one attached hydrogen (secondary N) is 2. The Morgan fingerprint density at radius 1 is 1.18 bits per heavy atom. The van der Waals surface area contributed by atoms with Gasteiger partial charge in [0.1, 0.15) is 5.69 Å². The van der Waals surface area contributed by atoms with Crippen LogP contribution in [0.1, 0.15) is 43.7 Å². The number of aromatic nitrogens is 2. The molecule has 1 aromatic heterocycles. The third-order valence-electron chi connectivity index (χ3n) is 3.02. The molecular formula is C17H22N4O. The summed E-state index contributed by atoms with van der Waals surface area (Å²) in [6.07, 6.45) is 2.44. The number of amides is 1. The molecule has 0 aliphatic carbocycles. The first-order valence-corrected chi connectivity index (χ1v) is 7.39. The van der Waals surface area contributed by atoms with E-state index >= 15 is 0 Å². The number of carbonyl (C=O) groups excluding carboxylic acids is 1. The average molecular weight is 298 g/mol. The summed E-state index contributed by atoms with van der Waals surface area (Å²) in [4.78, 5) is 20.8. The van der Waals surface area contributed by atoms with E-state index in [0.717, 1.165) is 17.7 Å². The van der Waals surface area contributed by atoms with E-state index in [0.29, 0.717) is 11.6 Å². The van der Waals surface area contributed by atoms with E-state index in [4.69, 9.17) is 0 Å². The normalized spacial score (nSPS) is 11.1. The average Bonchev–Trinajstić information content (AvgIpc) is 2.46. The molecule has 0 fully saturated rings. The van der Waals surface area contributed by atoms with Gasteiger partial charge >= 0.3 is 0 Å². The van der Waals surface area contributed by atoms with Crippen molar-refractivity contribution in [2.45, 2.75) is 39.7 Å². The quantitative estimate of drug-likeness (QED) is 0.906. The Hall–Kier alpha value is -2.43. The second kappa shape index (κ2) is 6.56. The summed E-state index contributed by atoms with van der Waals surface area (Å²) in [6, 6.07) is 9.37. The predicted octanol–water partition coefficient (Wildman–Crippen LogP) is 3.50. The zero-order chi connectivity index (χ0) is 16.2. The van der Waals surface area contributed by atoms with Crippen LogP contribution in [0.3, 0.4) is 0 Å². The monoisotopic (exact) mass is 298 g/mol. The minimum absolute atomic E-state index is 0.163. The van der Waals surface area contributed by atoms with Crippen molar-refractivity contribution in [3.8, 4) is 0 Å². The van der Waals surface area contributed by atoms with E-state index < -0.39 is 0 Å². The molecule has 0 bridgehead atoms. The highest BCUT2D eigenvalue weighted by Crippen LogP contribution is 2.17. The Bertz CT molecular complexity index is 662. The van der Waals surface area contributed by atoms with E-state index in [1.54, 1.807) is 12.3 Å². The molecule has 0 saturated heterocycles. The lowest BCUT2D eigenvalue weighted by Crippen LogP contribution is -2.28. The minimum atomic E-state index is -0.236. The van der Waals surface area contributed by atoms with Gasteiger partial charge in [-0.1, -0.05) is 25.1 Å². The molecule has 2 rings (SSSR count). The zero-order valence-electron chi connectivity index (χ0n) is 13.5. The first-order valence-electron chi connectivity index (χ1n) is 7.39. The van der Waals surface area contributed by atoms with Gasteiger partial charge in [-0.05, 0) is 44.9 Å². The van der Waals surface area contributed by atoms with E-state index in [-0.39, 0.29) is 11.4 Å². The highest BCUT2D eigenvalue weighted by molar-refractivity contribution is 6.03. The first-order chi connectivity index (χ1) is 10.4. The number of hydrogen-bond acceptors (Lipinski definition) is 4. The Kier molecular flexibility index (Phi) is 4.75. The van der Waals surface area contributed by atoms with Gasteiger partial charge in [-0.3, -0.25) is 4.79 Å². The summed E-state index contributed by atoms with van der Waals surface area (Å²) in [7, 11) is 0. The molecular weight excluding hydrogens is 276 g/mol. The van der Waals surface area contributed by atoms with Gasteiger partial charge in [-0.15, -0.1) is 0 Å². The van der Waals surface area contributed by atoms with Crippen LogP contribution >= 0.6 is 0 Å². The van der Waals surface area contributed by atoms with E-state index in [2.05, 4.69) is 27.5 Å². The molecule has 0 radical (unpaired) electrons.